The van der Waals surface area contributed by atoms with Crippen LogP contribution < -0.4 is 16.7 Å². The van der Waals surface area contributed by atoms with Crippen molar-refractivity contribution >= 4 is 53.3 Å². The van der Waals surface area contributed by atoms with Crippen LogP contribution in [0.25, 0.3) is 0 Å². The SMILES string of the molecule is Nc1ccc(B(O)O)cc1C(Cl)=Nc1ccc(B(O)O)cc1O. The lowest BCUT2D eigenvalue weighted by Crippen LogP contribution is -2.30. The van der Waals surface area contributed by atoms with Gasteiger partial charge in [-0.05, 0) is 29.1 Å². The number of nitrogen functional groups attached to an aromatic ring is 1. The van der Waals surface area contributed by atoms with Gasteiger partial charge in [0.15, 0.2) is 0 Å². The summed E-state index contributed by atoms with van der Waals surface area (Å²) in [6.45, 7) is 0. The molecule has 0 saturated carbocycles. The number of hydrogen-bond acceptors (Lipinski definition) is 7. The number of aliphatic imine (C=N–C) groups is 1. The Morgan fingerprint density at radius 3 is 2.09 bits per heavy atom. The molecule has 2 aromatic rings. The highest BCUT2D eigenvalue weighted by molar-refractivity contribution is 6.70. The summed E-state index contributed by atoms with van der Waals surface area (Å²) in [5.41, 5.74) is 6.70. The Bertz CT molecular complexity index is 755. The van der Waals surface area contributed by atoms with Crippen LogP contribution in [0.4, 0.5) is 11.4 Å². The maximum absolute atomic E-state index is 9.85. The molecule has 118 valence electrons. The molecule has 0 aliphatic rings. The number of hydrogen-bond donors (Lipinski definition) is 6. The summed E-state index contributed by atoms with van der Waals surface area (Å²) in [5.74, 6) is -0.300. The molecule has 23 heavy (non-hydrogen) atoms. The Morgan fingerprint density at radius 2 is 1.52 bits per heavy atom. The molecular weight excluding hydrogens is 321 g/mol. The first-order valence-electron chi connectivity index (χ1n) is 6.48. The number of aromatic hydroxyl groups is 1. The number of nitrogens with two attached hydrogens (primary N) is 1. The molecule has 0 bridgehead atoms. The van der Waals surface area contributed by atoms with Gasteiger partial charge in [-0.25, -0.2) is 4.99 Å². The van der Waals surface area contributed by atoms with Gasteiger partial charge >= 0.3 is 14.2 Å². The van der Waals surface area contributed by atoms with E-state index in [9.17, 15) is 15.2 Å². The van der Waals surface area contributed by atoms with Crippen LogP contribution in [0.1, 0.15) is 5.56 Å². The maximum atomic E-state index is 9.85. The van der Waals surface area contributed by atoms with Crippen molar-refractivity contribution in [2.45, 2.75) is 0 Å². The van der Waals surface area contributed by atoms with Crippen LogP contribution in [0.2, 0.25) is 0 Å². The average molecular weight is 334 g/mol. The van der Waals surface area contributed by atoms with Crippen molar-refractivity contribution in [1.29, 1.82) is 0 Å². The van der Waals surface area contributed by atoms with E-state index in [2.05, 4.69) is 4.99 Å². The first-order chi connectivity index (χ1) is 10.8. The zero-order chi connectivity index (χ0) is 17.1. The molecule has 2 aromatic carbocycles. The Kier molecular flexibility index (Phi) is 5.30. The molecule has 7 N–H and O–H groups in total. The molecule has 7 nitrogen and oxygen atoms in total. The van der Waals surface area contributed by atoms with Gasteiger partial charge in [-0.1, -0.05) is 29.8 Å². The Balaban J connectivity index is 2.42. The van der Waals surface area contributed by atoms with Crippen LogP contribution in [0.3, 0.4) is 0 Å². The van der Waals surface area contributed by atoms with Crippen molar-refractivity contribution in [3.63, 3.8) is 0 Å². The monoisotopic (exact) mass is 334 g/mol. The molecule has 0 aliphatic carbocycles. The van der Waals surface area contributed by atoms with Crippen LogP contribution >= 0.6 is 11.6 Å². The molecule has 0 atom stereocenters. The van der Waals surface area contributed by atoms with Gasteiger partial charge in [0, 0.05) is 11.3 Å². The second-order valence-corrected chi connectivity index (χ2v) is 5.10. The molecule has 0 amide bonds. The topological polar surface area (TPSA) is 140 Å². The zero-order valence-electron chi connectivity index (χ0n) is 11.8. The van der Waals surface area contributed by atoms with E-state index < -0.39 is 14.2 Å². The standard InChI is InChI=1S/C13H13B2ClN2O5/c16-13(9-5-7(14(20)21)1-3-10(9)17)18-11-4-2-8(15(22)23)6-12(11)19/h1-6,19-23H,17H2. The molecular formula is C13H13B2ClN2O5. The van der Waals surface area contributed by atoms with Gasteiger partial charge < -0.3 is 30.9 Å². The second-order valence-electron chi connectivity index (χ2n) is 4.74. The van der Waals surface area contributed by atoms with Crippen LogP contribution in [-0.2, 0) is 0 Å². The van der Waals surface area contributed by atoms with E-state index >= 15 is 0 Å². The van der Waals surface area contributed by atoms with Crippen LogP contribution in [0.15, 0.2) is 41.4 Å². The lowest BCUT2D eigenvalue weighted by Gasteiger charge is -2.08. The van der Waals surface area contributed by atoms with Crippen LogP contribution in [0, 0.1) is 0 Å². The Labute approximate surface area is 137 Å². The summed E-state index contributed by atoms with van der Waals surface area (Å²) in [7, 11) is -3.40. The molecule has 10 heteroatoms. The fraction of sp³-hybridized carbons (Fsp3) is 0. The number of phenolic OH excluding ortho intramolecular Hbond substituents is 1. The highest BCUT2D eigenvalue weighted by Crippen LogP contribution is 2.27. The third-order valence-electron chi connectivity index (χ3n) is 3.11. The van der Waals surface area contributed by atoms with E-state index in [1.807, 2.05) is 0 Å². The zero-order valence-corrected chi connectivity index (χ0v) is 12.5. The Hall–Kier alpha value is -2.03. The summed E-state index contributed by atoms with van der Waals surface area (Å²) in [5, 5.41) is 46.2. The quantitative estimate of drug-likeness (QED) is 0.232. The molecule has 2 rings (SSSR count). The van der Waals surface area contributed by atoms with Gasteiger partial charge in [-0.15, -0.1) is 0 Å². The smallest absolute Gasteiger partial charge is 0.488 e. The molecule has 0 radical (unpaired) electrons. The van der Waals surface area contributed by atoms with Crippen molar-refractivity contribution < 1.29 is 25.2 Å². The van der Waals surface area contributed by atoms with Gasteiger partial charge in [-0.2, -0.15) is 0 Å². The van der Waals surface area contributed by atoms with Crippen LogP contribution in [0.5, 0.6) is 5.75 Å². The summed E-state index contributed by atoms with van der Waals surface area (Å²) in [6.07, 6.45) is 0. The minimum absolute atomic E-state index is 0.0717. The predicted molar refractivity (Wildman–Crippen MR) is 90.7 cm³/mol. The van der Waals surface area contributed by atoms with E-state index in [4.69, 9.17) is 27.4 Å². The van der Waals surface area contributed by atoms with Crippen molar-refractivity contribution in [2.24, 2.45) is 4.99 Å². The minimum Gasteiger partial charge on any atom is -0.506 e. The van der Waals surface area contributed by atoms with Crippen molar-refractivity contribution in [3.8, 4) is 5.75 Å². The summed E-state index contributed by atoms with van der Waals surface area (Å²) in [6, 6.07) is 8.12. The number of benzene rings is 2. The van der Waals surface area contributed by atoms with Crippen LogP contribution in [-0.4, -0.2) is 44.6 Å². The first kappa shape index (κ1) is 17.3. The predicted octanol–water partition coefficient (Wildman–Crippen LogP) is -1.35. The average Bonchev–Trinajstić information content (AvgIpc) is 2.49. The summed E-state index contributed by atoms with van der Waals surface area (Å²) >= 11 is 6.09. The van der Waals surface area contributed by atoms with E-state index in [0.29, 0.717) is 0 Å². The Morgan fingerprint density at radius 1 is 0.957 bits per heavy atom. The van der Waals surface area contributed by atoms with Gasteiger partial charge in [0.25, 0.3) is 0 Å². The summed E-state index contributed by atoms with van der Waals surface area (Å²) < 4.78 is 0. The largest absolute Gasteiger partial charge is 0.506 e. The molecule has 0 unspecified atom stereocenters. The third-order valence-corrected chi connectivity index (χ3v) is 3.40. The summed E-state index contributed by atoms with van der Waals surface area (Å²) in [4.78, 5) is 4.02. The van der Waals surface area contributed by atoms with E-state index in [-0.39, 0.29) is 38.8 Å². The fourth-order valence-corrected chi connectivity index (χ4v) is 2.13. The minimum atomic E-state index is -1.72. The maximum Gasteiger partial charge on any atom is 0.488 e. The van der Waals surface area contributed by atoms with Gasteiger partial charge in [0.2, 0.25) is 0 Å². The number of anilines is 1. The van der Waals surface area contributed by atoms with Gasteiger partial charge in [0.05, 0.1) is 0 Å². The molecule has 0 fully saturated rings. The number of nitrogens with zero attached hydrogens (tertiary/aromatic N) is 1. The molecule has 0 aliphatic heterocycles. The van der Waals surface area contributed by atoms with E-state index in [1.54, 1.807) is 0 Å². The number of phenols is 1. The normalized spacial score (nSPS) is 11.4. The number of halogens is 1. The fourth-order valence-electron chi connectivity index (χ4n) is 1.87. The molecule has 0 heterocycles. The lowest BCUT2D eigenvalue weighted by molar-refractivity contribution is 0.424. The van der Waals surface area contributed by atoms with Crippen molar-refractivity contribution in [2.75, 3.05) is 5.73 Å². The lowest BCUT2D eigenvalue weighted by atomic mass is 9.79. The third kappa shape index (κ3) is 4.04. The van der Waals surface area contributed by atoms with Crippen molar-refractivity contribution in [3.05, 3.63) is 42.0 Å². The molecule has 0 aromatic heterocycles. The number of rotatable bonds is 4. The van der Waals surface area contributed by atoms with Crippen molar-refractivity contribution in [1.82, 2.24) is 0 Å². The van der Waals surface area contributed by atoms with Gasteiger partial charge in [-0.3, -0.25) is 0 Å². The second kappa shape index (κ2) is 7.03. The molecule has 0 spiro atoms. The highest BCUT2D eigenvalue weighted by atomic mass is 35.5. The van der Waals surface area contributed by atoms with Gasteiger partial charge in [0.1, 0.15) is 16.6 Å². The highest BCUT2D eigenvalue weighted by Gasteiger charge is 2.16. The van der Waals surface area contributed by atoms with E-state index in [0.717, 1.165) is 6.07 Å². The first-order valence-corrected chi connectivity index (χ1v) is 6.86. The van der Waals surface area contributed by atoms with E-state index in [1.165, 1.54) is 30.3 Å². The molecule has 0 saturated heterocycles.